The molecule has 0 aliphatic rings. The Labute approximate surface area is 79.7 Å². The van der Waals surface area contributed by atoms with Crippen molar-refractivity contribution in [2.45, 2.75) is 0 Å². The van der Waals surface area contributed by atoms with E-state index in [0.29, 0.717) is 0 Å². The van der Waals surface area contributed by atoms with Crippen LogP contribution in [-0.4, -0.2) is 19.9 Å². The quantitative estimate of drug-likeness (QED) is 0.644. The fraction of sp³-hybridized carbons (Fsp3) is 0. The molecule has 0 radical (unpaired) electrons. The molecule has 0 fully saturated rings. The Kier molecular flexibility index (Phi) is 2.14. The zero-order valence-corrected chi connectivity index (χ0v) is 7.31. The third kappa shape index (κ3) is 1.78. The molecule has 13 heavy (non-hydrogen) atoms. The van der Waals surface area contributed by atoms with Gasteiger partial charge in [-0.2, -0.15) is 0 Å². The molecular weight excluding hydrogens is 188 g/mol. The minimum atomic E-state index is 0.237. The van der Waals surface area contributed by atoms with Crippen LogP contribution in [0.3, 0.4) is 0 Å². The van der Waals surface area contributed by atoms with Crippen LogP contribution in [0, 0.1) is 0 Å². The van der Waals surface area contributed by atoms with Gasteiger partial charge in [0.05, 0.1) is 0 Å². The minimum absolute atomic E-state index is 0.237. The molecule has 0 aromatic carbocycles. The van der Waals surface area contributed by atoms with Gasteiger partial charge in [-0.25, -0.2) is 19.9 Å². The molecule has 0 aliphatic carbocycles. The van der Waals surface area contributed by atoms with Crippen molar-refractivity contribution in [3.05, 3.63) is 36.4 Å². The maximum absolute atomic E-state index is 5.55. The Morgan fingerprint density at radius 1 is 0.846 bits per heavy atom. The van der Waals surface area contributed by atoms with Crippen molar-refractivity contribution in [2.24, 2.45) is 0 Å². The number of rotatable bonds is 1. The van der Waals surface area contributed by atoms with Crippen LogP contribution in [0.15, 0.2) is 31.1 Å². The molecule has 4 nitrogen and oxygen atoms in total. The van der Waals surface area contributed by atoms with Crippen LogP contribution in [0.1, 0.15) is 0 Å². The summed E-state index contributed by atoms with van der Waals surface area (Å²) < 4.78 is 0. The second-order valence-corrected chi connectivity index (χ2v) is 2.71. The monoisotopic (exact) mass is 192 g/mol. The summed E-state index contributed by atoms with van der Waals surface area (Å²) in [6.07, 6.45) is 8.13. The highest BCUT2D eigenvalue weighted by molar-refractivity contribution is 6.28. The lowest BCUT2D eigenvalue weighted by Crippen LogP contribution is -1.85. The van der Waals surface area contributed by atoms with Crippen molar-refractivity contribution in [2.75, 3.05) is 0 Å². The van der Waals surface area contributed by atoms with Gasteiger partial charge in [-0.05, 0) is 11.6 Å². The Hall–Kier alpha value is -1.55. The SMILES string of the molecule is Clc1ncc(-c2cncnc2)cn1. The molecule has 0 bridgehead atoms. The number of hydrogen-bond donors (Lipinski definition) is 0. The molecule has 2 rings (SSSR count). The standard InChI is InChI=1S/C8H5ClN4/c9-8-12-3-7(4-13-8)6-1-10-5-11-2-6/h1-5H. The lowest BCUT2D eigenvalue weighted by atomic mass is 10.2. The summed E-state index contributed by atoms with van der Waals surface area (Å²) in [7, 11) is 0. The first-order valence-corrected chi connectivity index (χ1v) is 3.97. The summed E-state index contributed by atoms with van der Waals surface area (Å²) in [5, 5.41) is 0.237. The van der Waals surface area contributed by atoms with Gasteiger partial charge in [0.1, 0.15) is 6.33 Å². The van der Waals surface area contributed by atoms with Crippen molar-refractivity contribution in [3.63, 3.8) is 0 Å². The molecule has 2 aromatic heterocycles. The summed E-state index contributed by atoms with van der Waals surface area (Å²) in [6, 6.07) is 0. The van der Waals surface area contributed by atoms with Gasteiger partial charge in [0, 0.05) is 35.9 Å². The van der Waals surface area contributed by atoms with E-state index < -0.39 is 0 Å². The van der Waals surface area contributed by atoms with E-state index in [1.807, 2.05) is 0 Å². The van der Waals surface area contributed by atoms with Crippen molar-refractivity contribution in [1.82, 2.24) is 19.9 Å². The van der Waals surface area contributed by atoms with Crippen LogP contribution < -0.4 is 0 Å². The molecule has 5 heteroatoms. The fourth-order valence-electron chi connectivity index (χ4n) is 0.910. The van der Waals surface area contributed by atoms with Crippen molar-refractivity contribution in [1.29, 1.82) is 0 Å². The third-order valence-corrected chi connectivity index (χ3v) is 1.71. The molecule has 0 atom stereocenters. The molecule has 2 aromatic rings. The third-order valence-electron chi connectivity index (χ3n) is 1.51. The molecule has 0 spiro atoms. The molecule has 0 N–H and O–H groups in total. The van der Waals surface area contributed by atoms with Gasteiger partial charge in [0.2, 0.25) is 5.28 Å². The second-order valence-electron chi connectivity index (χ2n) is 2.37. The lowest BCUT2D eigenvalue weighted by molar-refractivity contribution is 1.14. The highest BCUT2D eigenvalue weighted by Crippen LogP contribution is 2.14. The number of nitrogens with zero attached hydrogens (tertiary/aromatic N) is 4. The van der Waals surface area contributed by atoms with Crippen molar-refractivity contribution < 1.29 is 0 Å². The predicted molar refractivity (Wildman–Crippen MR) is 48.1 cm³/mol. The van der Waals surface area contributed by atoms with Crippen LogP contribution in [0.25, 0.3) is 11.1 Å². The maximum atomic E-state index is 5.55. The first-order valence-electron chi connectivity index (χ1n) is 3.59. The molecule has 0 unspecified atom stereocenters. The van der Waals surface area contributed by atoms with Gasteiger partial charge < -0.3 is 0 Å². The van der Waals surface area contributed by atoms with Gasteiger partial charge in [0.15, 0.2) is 0 Å². The average molecular weight is 193 g/mol. The highest BCUT2D eigenvalue weighted by Gasteiger charge is 1.98. The van der Waals surface area contributed by atoms with Crippen LogP contribution in [0.4, 0.5) is 0 Å². The maximum Gasteiger partial charge on any atom is 0.222 e. The van der Waals surface area contributed by atoms with Crippen LogP contribution >= 0.6 is 11.6 Å². The van der Waals surface area contributed by atoms with Gasteiger partial charge >= 0.3 is 0 Å². The van der Waals surface area contributed by atoms with E-state index in [4.69, 9.17) is 11.6 Å². The molecule has 0 saturated carbocycles. The highest BCUT2D eigenvalue weighted by atomic mass is 35.5. The van der Waals surface area contributed by atoms with Gasteiger partial charge in [-0.3, -0.25) is 0 Å². The molecule has 0 amide bonds. The summed E-state index contributed by atoms with van der Waals surface area (Å²) in [6.45, 7) is 0. The molecular formula is C8H5ClN4. The molecule has 64 valence electrons. The lowest BCUT2D eigenvalue weighted by Gasteiger charge is -1.97. The van der Waals surface area contributed by atoms with Gasteiger partial charge in [-0.1, -0.05) is 0 Å². The first kappa shape index (κ1) is 8.07. The topological polar surface area (TPSA) is 51.6 Å². The molecule has 0 saturated heterocycles. The predicted octanol–water partition coefficient (Wildman–Crippen LogP) is 1.59. The van der Waals surface area contributed by atoms with E-state index in [-0.39, 0.29) is 5.28 Å². The van der Waals surface area contributed by atoms with Gasteiger partial charge in [-0.15, -0.1) is 0 Å². The summed E-state index contributed by atoms with van der Waals surface area (Å²) in [4.78, 5) is 15.5. The Morgan fingerprint density at radius 2 is 1.38 bits per heavy atom. The minimum Gasteiger partial charge on any atom is -0.244 e. The zero-order valence-electron chi connectivity index (χ0n) is 6.55. The molecule has 2 heterocycles. The van der Waals surface area contributed by atoms with E-state index >= 15 is 0 Å². The van der Waals surface area contributed by atoms with Crippen molar-refractivity contribution in [3.8, 4) is 11.1 Å². The first-order chi connectivity index (χ1) is 6.36. The van der Waals surface area contributed by atoms with E-state index in [9.17, 15) is 0 Å². The normalized spacial score (nSPS) is 9.92. The summed E-state index contributed by atoms with van der Waals surface area (Å²) in [5.74, 6) is 0. The number of hydrogen-bond acceptors (Lipinski definition) is 4. The fourth-order valence-corrected chi connectivity index (χ4v) is 1.01. The number of halogens is 1. The Bertz CT molecular complexity index is 387. The second kappa shape index (κ2) is 3.45. The summed E-state index contributed by atoms with van der Waals surface area (Å²) >= 11 is 5.55. The van der Waals surface area contributed by atoms with E-state index in [0.717, 1.165) is 11.1 Å². The summed E-state index contributed by atoms with van der Waals surface area (Å²) in [5.41, 5.74) is 1.73. The average Bonchev–Trinajstić information content (AvgIpc) is 2.20. The van der Waals surface area contributed by atoms with Crippen LogP contribution in [0.5, 0.6) is 0 Å². The smallest absolute Gasteiger partial charge is 0.222 e. The molecule has 0 aliphatic heterocycles. The van der Waals surface area contributed by atoms with E-state index in [1.54, 1.807) is 24.8 Å². The van der Waals surface area contributed by atoms with Gasteiger partial charge in [0.25, 0.3) is 0 Å². The number of aromatic nitrogens is 4. The largest absolute Gasteiger partial charge is 0.244 e. The van der Waals surface area contributed by atoms with E-state index in [1.165, 1.54) is 6.33 Å². The Balaban J connectivity index is 2.42. The van der Waals surface area contributed by atoms with Crippen LogP contribution in [0.2, 0.25) is 5.28 Å². The van der Waals surface area contributed by atoms with Crippen LogP contribution in [-0.2, 0) is 0 Å². The Morgan fingerprint density at radius 3 is 2.00 bits per heavy atom. The van der Waals surface area contributed by atoms with E-state index in [2.05, 4.69) is 19.9 Å². The van der Waals surface area contributed by atoms with Crippen molar-refractivity contribution >= 4 is 11.6 Å². The zero-order chi connectivity index (χ0) is 9.10.